The van der Waals surface area contributed by atoms with Gasteiger partial charge in [-0.1, -0.05) is 29.3 Å². The summed E-state index contributed by atoms with van der Waals surface area (Å²) in [5, 5.41) is 3.72. The molecule has 1 N–H and O–H groups in total. The molecule has 1 aromatic heterocycles. The average molecular weight is 300 g/mol. The molecule has 0 atom stereocenters. The topological polar surface area (TPSA) is 37.8 Å². The number of halogens is 3. The Morgan fingerprint density at radius 3 is 2.42 bits per heavy atom. The van der Waals surface area contributed by atoms with Crippen LogP contribution >= 0.6 is 23.2 Å². The Balaban J connectivity index is 2.63. The van der Waals surface area contributed by atoms with E-state index >= 15 is 0 Å². The molecule has 0 saturated heterocycles. The van der Waals surface area contributed by atoms with Crippen molar-refractivity contribution in [1.29, 1.82) is 0 Å². The molecule has 1 heterocycles. The van der Waals surface area contributed by atoms with Crippen molar-refractivity contribution >= 4 is 29.0 Å². The fourth-order valence-electron chi connectivity index (χ4n) is 1.67. The summed E-state index contributed by atoms with van der Waals surface area (Å²) in [7, 11) is 0. The largest absolute Gasteiger partial charge is 0.368 e. The van der Waals surface area contributed by atoms with Gasteiger partial charge in [0.15, 0.2) is 17.5 Å². The second-order valence-corrected chi connectivity index (χ2v) is 4.74. The van der Waals surface area contributed by atoms with E-state index in [2.05, 4.69) is 15.3 Å². The van der Waals surface area contributed by atoms with E-state index in [0.717, 1.165) is 0 Å². The molecule has 1 aromatic carbocycles. The summed E-state index contributed by atoms with van der Waals surface area (Å²) >= 11 is 12.2. The minimum Gasteiger partial charge on any atom is -0.368 e. The highest BCUT2D eigenvalue weighted by Gasteiger charge is 2.16. The summed E-state index contributed by atoms with van der Waals surface area (Å²) in [6.45, 7) is 3.99. The number of aromatic nitrogens is 2. The lowest BCUT2D eigenvalue weighted by Crippen LogP contribution is -2.07. The Bertz CT molecular complexity index is 597. The van der Waals surface area contributed by atoms with Crippen molar-refractivity contribution in [1.82, 2.24) is 9.97 Å². The number of hydrogen-bond acceptors (Lipinski definition) is 3. The van der Waals surface area contributed by atoms with E-state index in [1.165, 1.54) is 0 Å². The Kier molecular flexibility index (Phi) is 4.22. The molecule has 3 nitrogen and oxygen atoms in total. The minimum absolute atomic E-state index is 0.154. The van der Waals surface area contributed by atoms with Crippen LogP contribution in [0.25, 0.3) is 11.4 Å². The first-order valence-electron chi connectivity index (χ1n) is 5.77. The summed E-state index contributed by atoms with van der Waals surface area (Å²) in [4.78, 5) is 8.26. The third-order valence-electron chi connectivity index (χ3n) is 2.55. The normalized spacial score (nSPS) is 10.6. The van der Waals surface area contributed by atoms with Crippen LogP contribution in [0, 0.1) is 12.7 Å². The third-order valence-corrected chi connectivity index (χ3v) is 3.18. The maximum Gasteiger partial charge on any atom is 0.186 e. The predicted molar refractivity (Wildman–Crippen MR) is 76.3 cm³/mol. The van der Waals surface area contributed by atoms with Crippen LogP contribution in [0.15, 0.2) is 18.2 Å². The average Bonchev–Trinajstić information content (AvgIpc) is 2.35. The van der Waals surface area contributed by atoms with Crippen LogP contribution in [0.3, 0.4) is 0 Å². The monoisotopic (exact) mass is 299 g/mol. The molecule has 19 heavy (non-hydrogen) atoms. The summed E-state index contributed by atoms with van der Waals surface area (Å²) in [6, 6.07) is 5.12. The van der Waals surface area contributed by atoms with Crippen LogP contribution < -0.4 is 5.32 Å². The van der Waals surface area contributed by atoms with Crippen LogP contribution in [-0.4, -0.2) is 16.5 Å². The van der Waals surface area contributed by atoms with Gasteiger partial charge in [0.1, 0.15) is 0 Å². The van der Waals surface area contributed by atoms with E-state index in [1.807, 2.05) is 6.92 Å². The fraction of sp³-hybridized carbons (Fsp3) is 0.231. The van der Waals surface area contributed by atoms with E-state index in [0.29, 0.717) is 28.0 Å². The molecule has 2 aromatic rings. The number of anilines is 1. The van der Waals surface area contributed by atoms with E-state index in [-0.39, 0.29) is 11.5 Å². The molecule has 0 unspecified atom stereocenters. The number of aryl methyl sites for hydroxylation is 1. The van der Waals surface area contributed by atoms with Crippen molar-refractivity contribution in [3.63, 3.8) is 0 Å². The van der Waals surface area contributed by atoms with Crippen molar-refractivity contribution in [2.45, 2.75) is 13.8 Å². The first-order valence-corrected chi connectivity index (χ1v) is 6.52. The Labute approximate surface area is 120 Å². The van der Waals surface area contributed by atoms with Crippen molar-refractivity contribution < 1.29 is 4.39 Å². The SMILES string of the molecule is CCNc1nc(-c2c(Cl)cccc2Cl)nc(C)c1F. The van der Waals surface area contributed by atoms with Gasteiger partial charge in [-0.3, -0.25) is 0 Å². The molecule has 2 rings (SSSR count). The molecule has 0 spiro atoms. The van der Waals surface area contributed by atoms with Gasteiger partial charge in [0.25, 0.3) is 0 Å². The fourth-order valence-corrected chi connectivity index (χ4v) is 2.23. The highest BCUT2D eigenvalue weighted by molar-refractivity contribution is 6.38. The van der Waals surface area contributed by atoms with Gasteiger partial charge in [-0.15, -0.1) is 0 Å². The maximum atomic E-state index is 13.8. The first kappa shape index (κ1) is 14.0. The van der Waals surface area contributed by atoms with Gasteiger partial charge in [0, 0.05) is 6.54 Å². The zero-order chi connectivity index (χ0) is 14.0. The molecule has 0 aliphatic heterocycles. The second-order valence-electron chi connectivity index (χ2n) is 3.92. The molecule has 0 saturated carbocycles. The van der Waals surface area contributed by atoms with E-state index in [9.17, 15) is 4.39 Å². The van der Waals surface area contributed by atoms with Crippen LogP contribution in [0.4, 0.5) is 10.2 Å². The van der Waals surface area contributed by atoms with Crippen molar-refractivity contribution in [3.8, 4) is 11.4 Å². The van der Waals surface area contributed by atoms with Crippen molar-refractivity contribution in [3.05, 3.63) is 39.8 Å². The van der Waals surface area contributed by atoms with Gasteiger partial charge in [-0.05, 0) is 26.0 Å². The summed E-state index contributed by atoms with van der Waals surface area (Å²) in [5.41, 5.74) is 0.755. The van der Waals surface area contributed by atoms with Crippen LogP contribution in [-0.2, 0) is 0 Å². The molecule has 0 amide bonds. The number of nitrogens with zero attached hydrogens (tertiary/aromatic N) is 2. The van der Waals surface area contributed by atoms with E-state index in [1.54, 1.807) is 25.1 Å². The molecule has 0 aliphatic carbocycles. The smallest absolute Gasteiger partial charge is 0.186 e. The Morgan fingerprint density at radius 2 is 1.84 bits per heavy atom. The minimum atomic E-state index is -0.464. The maximum absolute atomic E-state index is 13.8. The van der Waals surface area contributed by atoms with Crippen LogP contribution in [0.2, 0.25) is 10.0 Å². The van der Waals surface area contributed by atoms with Crippen LogP contribution in [0.5, 0.6) is 0 Å². The lowest BCUT2D eigenvalue weighted by atomic mass is 10.2. The highest BCUT2D eigenvalue weighted by atomic mass is 35.5. The third kappa shape index (κ3) is 2.80. The molecule has 0 bridgehead atoms. The summed E-state index contributed by atoms with van der Waals surface area (Å²) in [5.74, 6) is 0.000197. The van der Waals surface area contributed by atoms with Crippen molar-refractivity contribution in [2.75, 3.05) is 11.9 Å². The lowest BCUT2D eigenvalue weighted by Gasteiger charge is -2.10. The predicted octanol–water partition coefficient (Wildman–Crippen LogP) is 4.33. The molecular formula is C13H12Cl2FN3. The van der Waals surface area contributed by atoms with Gasteiger partial charge >= 0.3 is 0 Å². The molecule has 0 aliphatic rings. The molecule has 0 radical (unpaired) electrons. The van der Waals surface area contributed by atoms with Crippen molar-refractivity contribution in [2.24, 2.45) is 0 Å². The zero-order valence-electron chi connectivity index (χ0n) is 10.5. The first-order chi connectivity index (χ1) is 9.04. The molecule has 6 heteroatoms. The van der Waals surface area contributed by atoms with Crippen LogP contribution in [0.1, 0.15) is 12.6 Å². The molecular weight excluding hydrogens is 288 g/mol. The van der Waals surface area contributed by atoms with Gasteiger partial charge in [-0.2, -0.15) is 0 Å². The number of nitrogens with one attached hydrogen (secondary N) is 1. The lowest BCUT2D eigenvalue weighted by molar-refractivity contribution is 0.606. The number of hydrogen-bond donors (Lipinski definition) is 1. The van der Waals surface area contributed by atoms with Gasteiger partial charge in [0.05, 0.1) is 21.3 Å². The zero-order valence-corrected chi connectivity index (χ0v) is 12.0. The van der Waals surface area contributed by atoms with Gasteiger partial charge < -0.3 is 5.32 Å². The molecule has 0 fully saturated rings. The standard InChI is InChI=1S/C13H12Cl2FN3/c1-3-17-13-11(16)7(2)18-12(19-13)10-8(14)5-4-6-9(10)15/h4-6H,3H2,1-2H3,(H,17,18,19). The number of rotatable bonds is 3. The quantitative estimate of drug-likeness (QED) is 0.916. The van der Waals surface area contributed by atoms with E-state index in [4.69, 9.17) is 23.2 Å². The Hall–Kier alpha value is -1.39. The Morgan fingerprint density at radius 1 is 1.21 bits per heavy atom. The van der Waals surface area contributed by atoms with E-state index < -0.39 is 5.82 Å². The molecule has 100 valence electrons. The number of benzene rings is 1. The second kappa shape index (κ2) is 5.72. The summed E-state index contributed by atoms with van der Waals surface area (Å²) < 4.78 is 13.8. The summed E-state index contributed by atoms with van der Waals surface area (Å²) in [6.07, 6.45) is 0. The highest BCUT2D eigenvalue weighted by Crippen LogP contribution is 2.33. The van der Waals surface area contributed by atoms with Gasteiger partial charge in [-0.25, -0.2) is 14.4 Å². The van der Waals surface area contributed by atoms with Gasteiger partial charge in [0.2, 0.25) is 0 Å².